The Balaban J connectivity index is 2.13. The molecule has 1 saturated heterocycles. The van der Waals surface area contributed by atoms with Crippen molar-refractivity contribution in [3.05, 3.63) is 35.9 Å². The molecule has 0 aliphatic carbocycles. The van der Waals surface area contributed by atoms with Crippen molar-refractivity contribution in [1.29, 1.82) is 0 Å². The molecule has 1 amide bonds. The van der Waals surface area contributed by atoms with Gasteiger partial charge in [-0.25, -0.2) is 5.48 Å². The third-order valence-corrected chi connectivity index (χ3v) is 3.80. The highest BCUT2D eigenvalue weighted by atomic mass is 16.7. The Labute approximate surface area is 120 Å². The van der Waals surface area contributed by atoms with Crippen LogP contribution in [0.4, 0.5) is 0 Å². The number of rotatable bonds is 5. The molecule has 1 aromatic carbocycles. The normalized spacial score (nSPS) is 17.9. The molecular weight excluding hydrogens is 252 g/mol. The molecule has 0 atom stereocenters. The van der Waals surface area contributed by atoms with Crippen LogP contribution in [-0.4, -0.2) is 25.6 Å². The van der Waals surface area contributed by atoms with Gasteiger partial charge in [-0.3, -0.25) is 9.63 Å². The largest absolute Gasteiger partial charge is 0.317 e. The first-order valence-corrected chi connectivity index (χ1v) is 7.33. The first-order chi connectivity index (χ1) is 9.65. The molecule has 4 heteroatoms. The molecule has 0 saturated carbocycles. The van der Waals surface area contributed by atoms with E-state index in [-0.39, 0.29) is 5.91 Å². The van der Waals surface area contributed by atoms with Crippen LogP contribution in [0.25, 0.3) is 0 Å². The molecular formula is C16H24N2O2. The molecule has 20 heavy (non-hydrogen) atoms. The lowest BCUT2D eigenvalue weighted by atomic mass is 9.72. The lowest BCUT2D eigenvalue weighted by molar-refractivity contribution is -0.141. The van der Waals surface area contributed by atoms with Crippen LogP contribution in [-0.2, 0) is 15.0 Å². The van der Waals surface area contributed by atoms with E-state index in [9.17, 15) is 4.79 Å². The Morgan fingerprint density at radius 2 is 1.95 bits per heavy atom. The SMILES string of the molecule is CC(C)CONC(=O)C1(c2ccccc2)CCNCC1. The van der Waals surface area contributed by atoms with Crippen LogP contribution in [0.1, 0.15) is 32.3 Å². The lowest BCUT2D eigenvalue weighted by Gasteiger charge is -2.36. The van der Waals surface area contributed by atoms with E-state index in [0.29, 0.717) is 12.5 Å². The smallest absolute Gasteiger partial charge is 0.254 e. The van der Waals surface area contributed by atoms with Crippen LogP contribution >= 0.6 is 0 Å². The average Bonchev–Trinajstić information content (AvgIpc) is 2.48. The van der Waals surface area contributed by atoms with Gasteiger partial charge in [-0.1, -0.05) is 44.2 Å². The van der Waals surface area contributed by atoms with Gasteiger partial charge >= 0.3 is 0 Å². The maximum atomic E-state index is 12.6. The van der Waals surface area contributed by atoms with E-state index in [1.807, 2.05) is 30.3 Å². The number of carbonyl (C=O) groups excluding carboxylic acids is 1. The van der Waals surface area contributed by atoms with E-state index in [4.69, 9.17) is 4.84 Å². The number of hydrogen-bond donors (Lipinski definition) is 2. The van der Waals surface area contributed by atoms with Gasteiger partial charge in [-0.2, -0.15) is 0 Å². The van der Waals surface area contributed by atoms with Crippen molar-refractivity contribution in [1.82, 2.24) is 10.8 Å². The Kier molecular flexibility index (Phi) is 5.15. The van der Waals surface area contributed by atoms with E-state index in [1.165, 1.54) is 0 Å². The summed E-state index contributed by atoms with van der Waals surface area (Å²) in [6, 6.07) is 10.0. The van der Waals surface area contributed by atoms with Gasteiger partial charge in [0.2, 0.25) is 0 Å². The standard InChI is InChI=1S/C16H24N2O2/c1-13(2)12-20-18-15(19)16(8-10-17-11-9-16)14-6-4-3-5-7-14/h3-7,13,17H,8-12H2,1-2H3,(H,18,19). The second-order valence-electron chi connectivity index (χ2n) is 5.83. The maximum Gasteiger partial charge on any atom is 0.254 e. The van der Waals surface area contributed by atoms with Gasteiger partial charge in [0.1, 0.15) is 0 Å². The zero-order valence-electron chi connectivity index (χ0n) is 12.3. The molecule has 0 radical (unpaired) electrons. The molecule has 1 fully saturated rings. The van der Waals surface area contributed by atoms with Crippen molar-refractivity contribution in [2.24, 2.45) is 5.92 Å². The number of nitrogens with one attached hydrogen (secondary N) is 2. The van der Waals surface area contributed by atoms with Gasteiger partial charge in [0, 0.05) is 0 Å². The van der Waals surface area contributed by atoms with Crippen molar-refractivity contribution in [3.8, 4) is 0 Å². The van der Waals surface area contributed by atoms with Gasteiger partial charge in [-0.05, 0) is 37.4 Å². The van der Waals surface area contributed by atoms with E-state index in [2.05, 4.69) is 24.6 Å². The van der Waals surface area contributed by atoms with E-state index < -0.39 is 5.41 Å². The molecule has 0 aromatic heterocycles. The lowest BCUT2D eigenvalue weighted by Crippen LogP contribution is -2.50. The van der Waals surface area contributed by atoms with Crippen molar-refractivity contribution in [2.75, 3.05) is 19.7 Å². The quantitative estimate of drug-likeness (QED) is 0.809. The fraction of sp³-hybridized carbons (Fsp3) is 0.562. The predicted molar refractivity (Wildman–Crippen MR) is 79.2 cm³/mol. The van der Waals surface area contributed by atoms with Gasteiger partial charge in [0.15, 0.2) is 0 Å². The summed E-state index contributed by atoms with van der Waals surface area (Å²) in [5.74, 6) is 0.377. The van der Waals surface area contributed by atoms with Gasteiger partial charge < -0.3 is 5.32 Å². The average molecular weight is 276 g/mol. The summed E-state index contributed by atoms with van der Waals surface area (Å²) in [5.41, 5.74) is 3.26. The van der Waals surface area contributed by atoms with Crippen LogP contribution < -0.4 is 10.8 Å². The van der Waals surface area contributed by atoms with Gasteiger partial charge in [0.05, 0.1) is 12.0 Å². The molecule has 0 spiro atoms. The van der Waals surface area contributed by atoms with Crippen LogP contribution in [0.5, 0.6) is 0 Å². The zero-order chi connectivity index (χ0) is 14.4. The maximum absolute atomic E-state index is 12.6. The number of benzene rings is 1. The Morgan fingerprint density at radius 1 is 1.30 bits per heavy atom. The Bertz CT molecular complexity index is 425. The molecule has 2 rings (SSSR count). The number of hydroxylamine groups is 1. The molecule has 2 N–H and O–H groups in total. The highest BCUT2D eigenvalue weighted by Gasteiger charge is 2.41. The van der Waals surface area contributed by atoms with Crippen molar-refractivity contribution < 1.29 is 9.63 Å². The minimum atomic E-state index is -0.469. The molecule has 0 unspecified atom stereocenters. The van der Waals surface area contributed by atoms with Crippen LogP contribution in [0.3, 0.4) is 0 Å². The fourth-order valence-corrected chi connectivity index (χ4v) is 2.63. The van der Waals surface area contributed by atoms with Gasteiger partial charge in [0.25, 0.3) is 5.91 Å². The number of hydrogen-bond acceptors (Lipinski definition) is 3. The molecule has 4 nitrogen and oxygen atoms in total. The van der Waals surface area contributed by atoms with E-state index in [0.717, 1.165) is 31.5 Å². The summed E-state index contributed by atoms with van der Waals surface area (Å²) >= 11 is 0. The second-order valence-corrected chi connectivity index (χ2v) is 5.83. The minimum absolute atomic E-state index is 0.0224. The molecule has 1 aliphatic rings. The van der Waals surface area contributed by atoms with Crippen molar-refractivity contribution in [2.45, 2.75) is 32.1 Å². The summed E-state index contributed by atoms with van der Waals surface area (Å²) in [5, 5.41) is 3.32. The molecule has 110 valence electrons. The molecule has 1 aromatic rings. The van der Waals surface area contributed by atoms with Crippen LogP contribution in [0.15, 0.2) is 30.3 Å². The predicted octanol–water partition coefficient (Wildman–Crippen LogP) is 2.01. The zero-order valence-corrected chi connectivity index (χ0v) is 12.3. The van der Waals surface area contributed by atoms with Crippen LogP contribution in [0, 0.1) is 5.92 Å². The number of piperidine rings is 1. The van der Waals surface area contributed by atoms with Gasteiger partial charge in [-0.15, -0.1) is 0 Å². The molecule has 1 aliphatic heterocycles. The molecule has 1 heterocycles. The Hall–Kier alpha value is -1.39. The van der Waals surface area contributed by atoms with Crippen molar-refractivity contribution >= 4 is 5.91 Å². The topological polar surface area (TPSA) is 50.4 Å². The third-order valence-electron chi connectivity index (χ3n) is 3.80. The second kappa shape index (κ2) is 6.86. The first-order valence-electron chi connectivity index (χ1n) is 7.33. The number of amides is 1. The number of carbonyl (C=O) groups is 1. The highest BCUT2D eigenvalue weighted by Crippen LogP contribution is 2.33. The monoisotopic (exact) mass is 276 g/mol. The highest BCUT2D eigenvalue weighted by molar-refractivity contribution is 5.87. The van der Waals surface area contributed by atoms with Crippen LogP contribution in [0.2, 0.25) is 0 Å². The van der Waals surface area contributed by atoms with E-state index >= 15 is 0 Å². The summed E-state index contributed by atoms with van der Waals surface area (Å²) in [6.45, 7) is 6.36. The third kappa shape index (κ3) is 3.38. The van der Waals surface area contributed by atoms with E-state index in [1.54, 1.807) is 0 Å². The summed E-state index contributed by atoms with van der Waals surface area (Å²) < 4.78 is 0. The first kappa shape index (κ1) is 15.0. The summed E-state index contributed by atoms with van der Waals surface area (Å²) in [6.07, 6.45) is 1.60. The summed E-state index contributed by atoms with van der Waals surface area (Å²) in [7, 11) is 0. The van der Waals surface area contributed by atoms with Crippen molar-refractivity contribution in [3.63, 3.8) is 0 Å². The minimum Gasteiger partial charge on any atom is -0.317 e. The fourth-order valence-electron chi connectivity index (χ4n) is 2.63. The Morgan fingerprint density at radius 3 is 2.55 bits per heavy atom. The summed E-state index contributed by atoms with van der Waals surface area (Å²) in [4.78, 5) is 18.0. The molecule has 0 bridgehead atoms.